The third kappa shape index (κ3) is 1.63. The standard InChI is InChI=1S/C9H10BrNS/c10-9-6-12-5-8(9)7-1-3-11-4-2-7/h1,5-6,11H,2-4H2. The van der Waals surface area contributed by atoms with Crippen LogP contribution in [0, 0.1) is 0 Å². The molecule has 0 radical (unpaired) electrons. The number of nitrogens with one attached hydrogen (secondary N) is 1. The van der Waals surface area contributed by atoms with E-state index in [9.17, 15) is 0 Å². The minimum Gasteiger partial charge on any atom is -0.313 e. The van der Waals surface area contributed by atoms with Crippen LogP contribution in [-0.4, -0.2) is 13.1 Å². The topological polar surface area (TPSA) is 12.0 Å². The molecule has 0 spiro atoms. The Balaban J connectivity index is 2.29. The maximum atomic E-state index is 3.55. The van der Waals surface area contributed by atoms with E-state index in [0.29, 0.717) is 0 Å². The first-order valence-corrected chi connectivity index (χ1v) is 5.73. The van der Waals surface area contributed by atoms with E-state index in [-0.39, 0.29) is 0 Å². The van der Waals surface area contributed by atoms with Crippen LogP contribution in [-0.2, 0) is 0 Å². The van der Waals surface area contributed by atoms with Crippen molar-refractivity contribution in [3.63, 3.8) is 0 Å². The fraction of sp³-hybridized carbons (Fsp3) is 0.333. The van der Waals surface area contributed by atoms with Crippen LogP contribution in [0.15, 0.2) is 21.3 Å². The van der Waals surface area contributed by atoms with Gasteiger partial charge in [0, 0.05) is 22.0 Å². The summed E-state index contributed by atoms with van der Waals surface area (Å²) in [5.74, 6) is 0. The predicted octanol–water partition coefficient (Wildman–Crippen LogP) is 2.89. The second-order valence-electron chi connectivity index (χ2n) is 2.82. The molecule has 12 heavy (non-hydrogen) atoms. The zero-order valence-corrected chi connectivity index (χ0v) is 9.04. The molecule has 1 aliphatic heterocycles. The van der Waals surface area contributed by atoms with E-state index in [1.165, 1.54) is 15.6 Å². The van der Waals surface area contributed by atoms with E-state index in [0.717, 1.165) is 19.5 Å². The molecule has 1 aliphatic rings. The number of hydrogen-bond donors (Lipinski definition) is 1. The Labute approximate surface area is 84.6 Å². The third-order valence-electron chi connectivity index (χ3n) is 2.02. The van der Waals surface area contributed by atoms with Crippen molar-refractivity contribution in [1.82, 2.24) is 5.32 Å². The van der Waals surface area contributed by atoms with Crippen molar-refractivity contribution in [3.05, 3.63) is 26.9 Å². The van der Waals surface area contributed by atoms with Crippen molar-refractivity contribution < 1.29 is 0 Å². The Kier molecular flexibility index (Phi) is 2.63. The molecule has 1 N–H and O–H groups in total. The SMILES string of the molecule is Brc1cscc1C1=CCNCC1. The third-order valence-corrected chi connectivity index (χ3v) is 3.73. The Morgan fingerprint density at radius 2 is 2.33 bits per heavy atom. The lowest BCUT2D eigenvalue weighted by Gasteiger charge is -2.13. The number of hydrogen-bond acceptors (Lipinski definition) is 2. The van der Waals surface area contributed by atoms with Crippen molar-refractivity contribution in [2.45, 2.75) is 6.42 Å². The molecule has 1 nitrogen and oxygen atoms in total. The van der Waals surface area contributed by atoms with E-state index >= 15 is 0 Å². The molecule has 0 atom stereocenters. The highest BCUT2D eigenvalue weighted by Gasteiger charge is 2.08. The van der Waals surface area contributed by atoms with Gasteiger partial charge in [-0.15, -0.1) is 0 Å². The smallest absolute Gasteiger partial charge is 0.0357 e. The van der Waals surface area contributed by atoms with Crippen LogP contribution in [0.2, 0.25) is 0 Å². The Bertz CT molecular complexity index is 303. The van der Waals surface area contributed by atoms with Gasteiger partial charge in [0.2, 0.25) is 0 Å². The van der Waals surface area contributed by atoms with Crippen LogP contribution in [0.25, 0.3) is 5.57 Å². The van der Waals surface area contributed by atoms with Crippen LogP contribution in [0.4, 0.5) is 0 Å². The van der Waals surface area contributed by atoms with Crippen LogP contribution in [0.3, 0.4) is 0 Å². The van der Waals surface area contributed by atoms with E-state index in [1.807, 2.05) is 0 Å². The summed E-state index contributed by atoms with van der Waals surface area (Å²) in [4.78, 5) is 0. The minimum atomic E-state index is 1.01. The molecule has 0 saturated carbocycles. The first kappa shape index (κ1) is 8.48. The fourth-order valence-electron chi connectivity index (χ4n) is 1.38. The molecule has 2 heterocycles. The zero-order valence-electron chi connectivity index (χ0n) is 6.64. The van der Waals surface area contributed by atoms with Crippen molar-refractivity contribution in [1.29, 1.82) is 0 Å². The summed E-state index contributed by atoms with van der Waals surface area (Å²) in [6, 6.07) is 0. The van der Waals surface area contributed by atoms with E-state index in [4.69, 9.17) is 0 Å². The first-order chi connectivity index (χ1) is 5.88. The lowest BCUT2D eigenvalue weighted by molar-refractivity contribution is 0.738. The molecular weight excluding hydrogens is 234 g/mol. The highest BCUT2D eigenvalue weighted by molar-refractivity contribution is 9.10. The molecule has 0 bridgehead atoms. The van der Waals surface area contributed by atoms with Gasteiger partial charge in [0.15, 0.2) is 0 Å². The van der Waals surface area contributed by atoms with Crippen molar-refractivity contribution in [3.8, 4) is 0 Å². The highest BCUT2D eigenvalue weighted by atomic mass is 79.9. The molecular formula is C9H10BrNS. The Hall–Kier alpha value is -0.120. The number of halogens is 1. The largest absolute Gasteiger partial charge is 0.313 e. The fourth-order valence-corrected chi connectivity index (χ4v) is 2.95. The second-order valence-corrected chi connectivity index (χ2v) is 4.41. The van der Waals surface area contributed by atoms with Gasteiger partial charge in [0.05, 0.1) is 0 Å². The molecule has 3 heteroatoms. The molecule has 0 aliphatic carbocycles. The maximum absolute atomic E-state index is 3.55. The normalized spacial score (nSPS) is 17.6. The molecule has 2 rings (SSSR count). The summed E-state index contributed by atoms with van der Waals surface area (Å²) in [5.41, 5.74) is 2.85. The molecule has 0 unspecified atom stereocenters. The van der Waals surface area contributed by atoms with Crippen LogP contribution >= 0.6 is 27.3 Å². The molecule has 1 aromatic heterocycles. The van der Waals surface area contributed by atoms with Gasteiger partial charge < -0.3 is 5.32 Å². The molecule has 0 aromatic carbocycles. The maximum Gasteiger partial charge on any atom is 0.0357 e. The number of rotatable bonds is 1. The van der Waals surface area contributed by atoms with Gasteiger partial charge in [0.1, 0.15) is 0 Å². The van der Waals surface area contributed by atoms with Gasteiger partial charge in [-0.1, -0.05) is 6.08 Å². The summed E-state index contributed by atoms with van der Waals surface area (Å²) in [7, 11) is 0. The van der Waals surface area contributed by atoms with E-state index in [2.05, 4.69) is 38.1 Å². The van der Waals surface area contributed by atoms with Crippen LogP contribution in [0.5, 0.6) is 0 Å². The van der Waals surface area contributed by atoms with Gasteiger partial charge in [-0.05, 0) is 39.8 Å². The average Bonchev–Trinajstić information content (AvgIpc) is 2.53. The van der Waals surface area contributed by atoms with Crippen LogP contribution in [0.1, 0.15) is 12.0 Å². The molecule has 64 valence electrons. The van der Waals surface area contributed by atoms with E-state index < -0.39 is 0 Å². The molecule has 0 amide bonds. The summed E-state index contributed by atoms with van der Waals surface area (Å²) < 4.78 is 1.24. The summed E-state index contributed by atoms with van der Waals surface area (Å²) in [6.45, 7) is 2.12. The van der Waals surface area contributed by atoms with Gasteiger partial charge >= 0.3 is 0 Å². The highest BCUT2D eigenvalue weighted by Crippen LogP contribution is 2.30. The summed E-state index contributed by atoms with van der Waals surface area (Å²) >= 11 is 5.30. The van der Waals surface area contributed by atoms with Gasteiger partial charge in [-0.2, -0.15) is 11.3 Å². The molecule has 0 fully saturated rings. The van der Waals surface area contributed by atoms with Crippen molar-refractivity contribution in [2.24, 2.45) is 0 Å². The van der Waals surface area contributed by atoms with Crippen molar-refractivity contribution in [2.75, 3.05) is 13.1 Å². The quantitative estimate of drug-likeness (QED) is 0.800. The van der Waals surface area contributed by atoms with Crippen LogP contribution < -0.4 is 5.32 Å². The van der Waals surface area contributed by atoms with Gasteiger partial charge in [-0.25, -0.2) is 0 Å². The lowest BCUT2D eigenvalue weighted by Crippen LogP contribution is -2.19. The molecule has 0 saturated heterocycles. The van der Waals surface area contributed by atoms with E-state index in [1.54, 1.807) is 11.3 Å². The van der Waals surface area contributed by atoms with Gasteiger partial charge in [0.25, 0.3) is 0 Å². The minimum absolute atomic E-state index is 1.01. The average molecular weight is 244 g/mol. The first-order valence-electron chi connectivity index (χ1n) is 4.00. The summed E-state index contributed by atoms with van der Waals surface area (Å²) in [5, 5.41) is 7.65. The Morgan fingerprint density at radius 1 is 1.42 bits per heavy atom. The van der Waals surface area contributed by atoms with Gasteiger partial charge in [-0.3, -0.25) is 0 Å². The zero-order chi connectivity index (χ0) is 8.39. The monoisotopic (exact) mass is 243 g/mol. The number of thiophene rings is 1. The van der Waals surface area contributed by atoms with Crippen molar-refractivity contribution >= 4 is 32.8 Å². The summed E-state index contributed by atoms with van der Waals surface area (Å²) in [6.07, 6.45) is 3.42. The second kappa shape index (κ2) is 3.73. The predicted molar refractivity (Wildman–Crippen MR) is 57.5 cm³/mol. The molecule has 1 aromatic rings. The Morgan fingerprint density at radius 3 is 2.92 bits per heavy atom. The lowest BCUT2D eigenvalue weighted by atomic mass is 10.0.